The zero-order valence-corrected chi connectivity index (χ0v) is 17.3. The van der Waals surface area contributed by atoms with Crippen molar-refractivity contribution in [2.75, 3.05) is 23.4 Å². The van der Waals surface area contributed by atoms with E-state index in [1.807, 2.05) is 45.9 Å². The number of para-hydroxylation sites is 1. The van der Waals surface area contributed by atoms with Gasteiger partial charge in [0, 0.05) is 11.8 Å². The Morgan fingerprint density at radius 3 is 2.40 bits per heavy atom. The number of anilines is 2. The molecule has 1 N–H and O–H groups in total. The molecule has 1 aliphatic rings. The number of carbonyl (C=O) groups excluding carboxylic acids is 2. The second kappa shape index (κ2) is 8.48. The molecule has 0 spiro atoms. The fraction of sp³-hybridized carbons (Fsp3) is 0.381. The van der Waals surface area contributed by atoms with Crippen molar-refractivity contribution in [3.8, 4) is 5.75 Å². The van der Waals surface area contributed by atoms with Gasteiger partial charge >= 0.3 is 5.82 Å². The number of nitrogens with zero attached hydrogens (tertiary/aromatic N) is 3. The number of nitrogens with one attached hydrogen (secondary N) is 1. The summed E-state index contributed by atoms with van der Waals surface area (Å²) in [5.41, 5.74) is 2.73. The third-order valence-corrected chi connectivity index (χ3v) is 4.86. The van der Waals surface area contributed by atoms with E-state index in [1.54, 1.807) is 0 Å². The van der Waals surface area contributed by atoms with Gasteiger partial charge in [-0.15, -0.1) is 0 Å². The van der Waals surface area contributed by atoms with Crippen LogP contribution in [0.4, 0.5) is 17.3 Å². The summed E-state index contributed by atoms with van der Waals surface area (Å²) >= 11 is 0. The highest BCUT2D eigenvalue weighted by Gasteiger charge is 2.33. The molecule has 0 saturated carbocycles. The smallest absolute Gasteiger partial charge is 0.366 e. The number of aromatic nitrogens is 1. The molecule has 0 unspecified atom stereocenters. The summed E-state index contributed by atoms with van der Waals surface area (Å²) in [7, 11) is 0. The molecule has 0 aliphatic carbocycles. The summed E-state index contributed by atoms with van der Waals surface area (Å²) in [5.74, 6) is -0.769. The quantitative estimate of drug-likeness (QED) is 0.573. The molecule has 2 amide bonds. The van der Waals surface area contributed by atoms with E-state index in [0.29, 0.717) is 0 Å². The predicted octanol–water partition coefficient (Wildman–Crippen LogP) is 3.60. The first-order valence-electron chi connectivity index (χ1n) is 9.70. The van der Waals surface area contributed by atoms with Crippen molar-refractivity contribution in [3.63, 3.8) is 0 Å². The number of benzene rings is 1. The van der Waals surface area contributed by atoms with Crippen LogP contribution < -0.4 is 15.0 Å². The summed E-state index contributed by atoms with van der Waals surface area (Å²) in [5, 5.41) is 14.0. The van der Waals surface area contributed by atoms with Crippen molar-refractivity contribution in [2.45, 2.75) is 39.5 Å². The van der Waals surface area contributed by atoms with Gasteiger partial charge in [0.2, 0.25) is 5.91 Å². The molecular formula is C21H24N4O5. The van der Waals surface area contributed by atoms with Gasteiger partial charge in [0.25, 0.3) is 11.7 Å². The number of fused-ring (bicyclic) bond motifs is 1. The molecule has 1 aromatic carbocycles. The van der Waals surface area contributed by atoms with Crippen LogP contribution in [0.3, 0.4) is 0 Å². The Kier molecular flexibility index (Phi) is 6.00. The molecule has 1 aromatic heterocycles. The van der Waals surface area contributed by atoms with Gasteiger partial charge in [0.1, 0.15) is 6.54 Å². The standard InChI is InChI=1S/C21H24N4O5/c1-12(2)14-6-5-7-15(13(3)4)20(14)23-18(26)10-24-19(27)11-30-16-8-9-17(25(28)29)22-21(16)24/h5-9,12-13H,10-11H2,1-4H3,(H,23,26). The molecule has 0 atom stereocenters. The highest BCUT2D eigenvalue weighted by molar-refractivity contribution is 6.04. The normalized spacial score (nSPS) is 13.3. The Balaban J connectivity index is 1.90. The molecule has 9 nitrogen and oxygen atoms in total. The monoisotopic (exact) mass is 412 g/mol. The molecule has 0 saturated heterocycles. The topological polar surface area (TPSA) is 115 Å². The summed E-state index contributed by atoms with van der Waals surface area (Å²) in [6.45, 7) is 7.58. The van der Waals surface area contributed by atoms with Crippen LogP contribution in [0.25, 0.3) is 0 Å². The fourth-order valence-corrected chi connectivity index (χ4v) is 3.35. The zero-order chi connectivity index (χ0) is 22.0. The average molecular weight is 412 g/mol. The molecular weight excluding hydrogens is 388 g/mol. The fourth-order valence-electron chi connectivity index (χ4n) is 3.35. The molecule has 2 aromatic rings. The predicted molar refractivity (Wildman–Crippen MR) is 112 cm³/mol. The van der Waals surface area contributed by atoms with Crippen LogP contribution in [0.5, 0.6) is 5.75 Å². The largest absolute Gasteiger partial charge is 0.477 e. The second-order valence-corrected chi connectivity index (χ2v) is 7.69. The van der Waals surface area contributed by atoms with Crippen LogP contribution >= 0.6 is 0 Å². The highest BCUT2D eigenvalue weighted by atomic mass is 16.6. The van der Waals surface area contributed by atoms with Gasteiger partial charge in [0.15, 0.2) is 12.4 Å². The zero-order valence-electron chi connectivity index (χ0n) is 17.3. The van der Waals surface area contributed by atoms with Gasteiger partial charge in [-0.3, -0.25) is 14.5 Å². The number of rotatable bonds is 6. The number of amides is 2. The molecule has 2 heterocycles. The van der Waals surface area contributed by atoms with Crippen molar-refractivity contribution in [1.29, 1.82) is 0 Å². The number of hydrogen-bond donors (Lipinski definition) is 1. The Labute approximate surface area is 174 Å². The lowest BCUT2D eigenvalue weighted by atomic mass is 9.92. The van der Waals surface area contributed by atoms with Crippen LogP contribution in [0.15, 0.2) is 30.3 Å². The molecule has 0 fully saturated rings. The minimum atomic E-state index is -0.661. The van der Waals surface area contributed by atoms with Crippen LogP contribution in [-0.2, 0) is 9.59 Å². The van der Waals surface area contributed by atoms with E-state index in [1.165, 1.54) is 12.1 Å². The third-order valence-electron chi connectivity index (χ3n) is 4.86. The van der Waals surface area contributed by atoms with Crippen LogP contribution in [0.1, 0.15) is 50.7 Å². The Morgan fingerprint density at radius 2 is 1.83 bits per heavy atom. The first-order chi connectivity index (χ1) is 14.2. The lowest BCUT2D eigenvalue weighted by Crippen LogP contribution is -2.44. The van der Waals surface area contributed by atoms with E-state index in [4.69, 9.17) is 4.74 Å². The van der Waals surface area contributed by atoms with Gasteiger partial charge in [-0.05, 0) is 38.9 Å². The Morgan fingerprint density at radius 1 is 1.20 bits per heavy atom. The van der Waals surface area contributed by atoms with Gasteiger partial charge in [-0.25, -0.2) is 0 Å². The lowest BCUT2D eigenvalue weighted by Gasteiger charge is -2.26. The summed E-state index contributed by atoms with van der Waals surface area (Å²) in [6.07, 6.45) is 0. The Hall–Kier alpha value is -3.49. The van der Waals surface area contributed by atoms with Gasteiger partial charge < -0.3 is 20.2 Å². The minimum absolute atomic E-state index is 0.0307. The van der Waals surface area contributed by atoms with E-state index in [0.717, 1.165) is 21.7 Å². The number of hydrogen-bond acceptors (Lipinski definition) is 6. The van der Waals surface area contributed by atoms with Gasteiger partial charge in [-0.1, -0.05) is 45.9 Å². The molecule has 3 rings (SSSR count). The summed E-state index contributed by atoms with van der Waals surface area (Å²) < 4.78 is 5.29. The van der Waals surface area contributed by atoms with E-state index in [-0.39, 0.29) is 36.6 Å². The molecule has 1 aliphatic heterocycles. The van der Waals surface area contributed by atoms with Crippen molar-refractivity contribution in [3.05, 3.63) is 51.6 Å². The molecule has 9 heteroatoms. The maximum atomic E-state index is 12.9. The number of ether oxygens (including phenoxy) is 1. The molecule has 0 radical (unpaired) electrons. The minimum Gasteiger partial charge on any atom is -0.477 e. The first-order valence-corrected chi connectivity index (χ1v) is 9.70. The van der Waals surface area contributed by atoms with Crippen molar-refractivity contribution in [2.24, 2.45) is 0 Å². The average Bonchev–Trinajstić information content (AvgIpc) is 2.69. The summed E-state index contributed by atoms with van der Waals surface area (Å²) in [4.78, 5) is 40.7. The first kappa shape index (κ1) is 21.2. The Bertz CT molecular complexity index is 977. The van der Waals surface area contributed by atoms with Crippen molar-refractivity contribution in [1.82, 2.24) is 4.98 Å². The molecule has 158 valence electrons. The van der Waals surface area contributed by atoms with Crippen molar-refractivity contribution < 1.29 is 19.2 Å². The van der Waals surface area contributed by atoms with Crippen molar-refractivity contribution >= 4 is 29.1 Å². The third kappa shape index (κ3) is 4.24. The maximum Gasteiger partial charge on any atom is 0.366 e. The maximum absolute atomic E-state index is 12.9. The summed E-state index contributed by atoms with van der Waals surface area (Å²) in [6, 6.07) is 8.47. The molecule has 0 bridgehead atoms. The van der Waals surface area contributed by atoms with Gasteiger partial charge in [0.05, 0.1) is 0 Å². The van der Waals surface area contributed by atoms with Crippen LogP contribution in [-0.4, -0.2) is 34.9 Å². The van der Waals surface area contributed by atoms with E-state index in [2.05, 4.69) is 10.3 Å². The van der Waals surface area contributed by atoms with Crippen LogP contribution in [0.2, 0.25) is 0 Å². The number of carbonyl (C=O) groups is 2. The number of nitro groups is 1. The molecule has 30 heavy (non-hydrogen) atoms. The van der Waals surface area contributed by atoms with E-state index >= 15 is 0 Å². The highest BCUT2D eigenvalue weighted by Crippen LogP contribution is 2.34. The number of pyridine rings is 1. The lowest BCUT2D eigenvalue weighted by molar-refractivity contribution is -0.389. The SMILES string of the molecule is CC(C)c1cccc(C(C)C)c1NC(=O)CN1C(=O)COc2ccc([N+](=O)[O-])nc21. The van der Waals surface area contributed by atoms with Crippen LogP contribution in [0, 0.1) is 10.1 Å². The van der Waals surface area contributed by atoms with E-state index in [9.17, 15) is 19.7 Å². The van der Waals surface area contributed by atoms with Gasteiger partial charge in [-0.2, -0.15) is 0 Å². The second-order valence-electron chi connectivity index (χ2n) is 7.69. The van der Waals surface area contributed by atoms with E-state index < -0.39 is 22.6 Å².